The van der Waals surface area contributed by atoms with E-state index in [2.05, 4.69) is 5.32 Å². The van der Waals surface area contributed by atoms with Crippen LogP contribution in [0, 0.1) is 5.82 Å². The number of sulfone groups is 1. The van der Waals surface area contributed by atoms with Gasteiger partial charge in [-0.05, 0) is 24.6 Å². The summed E-state index contributed by atoms with van der Waals surface area (Å²) in [7, 11) is -3.56. The van der Waals surface area contributed by atoms with Crippen LogP contribution in [-0.2, 0) is 14.6 Å². The normalized spacial score (nSPS) is 24.2. The lowest BCUT2D eigenvalue weighted by Gasteiger charge is -2.24. The monoisotopic (exact) mass is 317 g/mol. The van der Waals surface area contributed by atoms with Gasteiger partial charge in [0.1, 0.15) is 16.3 Å². The number of benzene rings is 1. The molecular formula is C14H20FNO4S. The van der Waals surface area contributed by atoms with Gasteiger partial charge in [-0.25, -0.2) is 12.8 Å². The molecule has 0 unspecified atom stereocenters. The van der Waals surface area contributed by atoms with Gasteiger partial charge in [-0.3, -0.25) is 0 Å². The van der Waals surface area contributed by atoms with E-state index in [4.69, 9.17) is 4.74 Å². The molecule has 0 aliphatic carbocycles. The Hall–Kier alpha value is -1.02. The van der Waals surface area contributed by atoms with E-state index in [0.717, 1.165) is 6.26 Å². The van der Waals surface area contributed by atoms with Gasteiger partial charge in [-0.2, -0.15) is 0 Å². The zero-order valence-corrected chi connectivity index (χ0v) is 12.9. The molecule has 0 radical (unpaired) electrons. The van der Waals surface area contributed by atoms with Gasteiger partial charge in [0.15, 0.2) is 9.84 Å². The summed E-state index contributed by atoms with van der Waals surface area (Å²) in [5, 5.41) is 13.3. The molecule has 7 heteroatoms. The van der Waals surface area contributed by atoms with E-state index >= 15 is 0 Å². The maximum Gasteiger partial charge on any atom is 0.178 e. The standard InChI is InChI=1S/C14H20FNO4S/c1-10(16-8-14(17)5-6-20-9-14)11-3-4-13(12(15)7-11)21(2,18)19/h3-4,7,10,16-17H,5-6,8-9H2,1-2H3/t10-,14+/m0/s1. The molecule has 1 aromatic rings. The Bertz CT molecular complexity index is 611. The molecular weight excluding hydrogens is 297 g/mol. The SMILES string of the molecule is C[C@H](NC[C@]1(O)CCOC1)c1ccc(S(C)(=O)=O)c(F)c1. The Kier molecular flexibility index (Phi) is 4.67. The fraction of sp³-hybridized carbons (Fsp3) is 0.571. The largest absolute Gasteiger partial charge is 0.386 e. The molecule has 5 nitrogen and oxygen atoms in total. The molecule has 1 aliphatic rings. The van der Waals surface area contributed by atoms with E-state index in [1.165, 1.54) is 12.1 Å². The number of halogens is 1. The van der Waals surface area contributed by atoms with Crippen molar-refractivity contribution in [3.05, 3.63) is 29.6 Å². The van der Waals surface area contributed by atoms with Crippen molar-refractivity contribution in [3.8, 4) is 0 Å². The number of aliphatic hydroxyl groups is 1. The van der Waals surface area contributed by atoms with Crippen molar-refractivity contribution in [2.75, 3.05) is 26.0 Å². The van der Waals surface area contributed by atoms with Crippen LogP contribution in [0.2, 0.25) is 0 Å². The first-order valence-electron chi connectivity index (χ1n) is 6.74. The lowest BCUT2D eigenvalue weighted by Crippen LogP contribution is -2.41. The highest BCUT2D eigenvalue weighted by Gasteiger charge is 2.32. The molecule has 0 saturated carbocycles. The Labute approximate surface area is 124 Å². The Morgan fingerprint density at radius 3 is 2.76 bits per heavy atom. The van der Waals surface area contributed by atoms with E-state index in [-0.39, 0.29) is 17.5 Å². The summed E-state index contributed by atoms with van der Waals surface area (Å²) in [4.78, 5) is -0.304. The van der Waals surface area contributed by atoms with Crippen molar-refractivity contribution in [2.45, 2.75) is 29.9 Å². The number of hydrogen-bond donors (Lipinski definition) is 2. The second-order valence-corrected chi connectivity index (χ2v) is 7.58. The van der Waals surface area contributed by atoms with Gasteiger partial charge < -0.3 is 15.2 Å². The van der Waals surface area contributed by atoms with Crippen molar-refractivity contribution in [3.63, 3.8) is 0 Å². The summed E-state index contributed by atoms with van der Waals surface area (Å²) in [6.45, 7) is 2.98. The Morgan fingerprint density at radius 1 is 1.52 bits per heavy atom. The maximum atomic E-state index is 13.8. The molecule has 1 aromatic carbocycles. The minimum atomic E-state index is -3.56. The summed E-state index contributed by atoms with van der Waals surface area (Å²) in [5.41, 5.74) is -0.262. The fourth-order valence-electron chi connectivity index (χ4n) is 2.28. The first-order chi connectivity index (χ1) is 9.71. The van der Waals surface area contributed by atoms with Crippen molar-refractivity contribution in [1.29, 1.82) is 0 Å². The summed E-state index contributed by atoms with van der Waals surface area (Å²) < 4.78 is 41.7. The second-order valence-electron chi connectivity index (χ2n) is 5.59. The zero-order valence-electron chi connectivity index (χ0n) is 12.1. The third-order valence-electron chi connectivity index (χ3n) is 3.68. The third kappa shape index (κ3) is 4.00. The smallest absolute Gasteiger partial charge is 0.178 e. The molecule has 1 saturated heterocycles. The van der Waals surface area contributed by atoms with E-state index < -0.39 is 21.3 Å². The third-order valence-corrected chi connectivity index (χ3v) is 4.81. The van der Waals surface area contributed by atoms with E-state index in [9.17, 15) is 17.9 Å². The number of ether oxygens (including phenoxy) is 1. The molecule has 1 heterocycles. The zero-order chi connectivity index (χ0) is 15.7. The van der Waals surface area contributed by atoms with Crippen LogP contribution in [0.3, 0.4) is 0 Å². The highest BCUT2D eigenvalue weighted by Crippen LogP contribution is 2.22. The summed E-state index contributed by atoms with van der Waals surface area (Å²) in [6, 6.07) is 3.85. The average Bonchev–Trinajstić information content (AvgIpc) is 2.82. The molecule has 1 aliphatic heterocycles. The minimum Gasteiger partial charge on any atom is -0.386 e. The van der Waals surface area contributed by atoms with E-state index in [1.807, 2.05) is 6.92 Å². The van der Waals surface area contributed by atoms with E-state index in [1.54, 1.807) is 6.07 Å². The van der Waals surface area contributed by atoms with Gasteiger partial charge in [-0.15, -0.1) is 0 Å². The van der Waals surface area contributed by atoms with Crippen LogP contribution in [0.1, 0.15) is 24.9 Å². The van der Waals surface area contributed by atoms with Crippen molar-refractivity contribution in [2.24, 2.45) is 0 Å². The molecule has 0 bridgehead atoms. The molecule has 0 spiro atoms. The predicted octanol–water partition coefficient (Wildman–Crippen LogP) is 1.03. The first kappa shape index (κ1) is 16.4. The lowest BCUT2D eigenvalue weighted by atomic mass is 10.0. The molecule has 2 atom stereocenters. The van der Waals surface area contributed by atoms with Crippen LogP contribution in [-0.4, -0.2) is 45.1 Å². The molecule has 118 valence electrons. The molecule has 0 amide bonds. The highest BCUT2D eigenvalue weighted by atomic mass is 32.2. The predicted molar refractivity (Wildman–Crippen MR) is 76.3 cm³/mol. The topological polar surface area (TPSA) is 75.6 Å². The maximum absolute atomic E-state index is 13.8. The van der Waals surface area contributed by atoms with E-state index in [0.29, 0.717) is 25.1 Å². The van der Waals surface area contributed by atoms with Crippen molar-refractivity contribution >= 4 is 9.84 Å². The van der Waals surface area contributed by atoms with Gasteiger partial charge in [0.25, 0.3) is 0 Å². The second kappa shape index (κ2) is 6.00. The van der Waals surface area contributed by atoms with Crippen LogP contribution in [0.4, 0.5) is 4.39 Å². The van der Waals surface area contributed by atoms with Crippen molar-refractivity contribution < 1.29 is 22.7 Å². The van der Waals surface area contributed by atoms with Gasteiger partial charge in [0, 0.05) is 31.9 Å². The quantitative estimate of drug-likeness (QED) is 0.848. The molecule has 1 fully saturated rings. The highest BCUT2D eigenvalue weighted by molar-refractivity contribution is 7.90. The first-order valence-corrected chi connectivity index (χ1v) is 8.63. The van der Waals surface area contributed by atoms with Crippen LogP contribution >= 0.6 is 0 Å². The minimum absolute atomic E-state index is 0.210. The van der Waals surface area contributed by atoms with Crippen LogP contribution in [0.25, 0.3) is 0 Å². The number of hydrogen-bond acceptors (Lipinski definition) is 5. The van der Waals surface area contributed by atoms with Gasteiger partial charge in [0.05, 0.1) is 6.61 Å². The lowest BCUT2D eigenvalue weighted by molar-refractivity contribution is 0.0252. The van der Waals surface area contributed by atoms with Gasteiger partial charge in [-0.1, -0.05) is 6.07 Å². The summed E-state index contributed by atoms with van der Waals surface area (Å²) >= 11 is 0. The van der Waals surface area contributed by atoms with Crippen LogP contribution in [0.15, 0.2) is 23.1 Å². The van der Waals surface area contributed by atoms with Crippen molar-refractivity contribution in [1.82, 2.24) is 5.32 Å². The molecule has 2 rings (SSSR count). The summed E-state index contributed by atoms with van der Waals surface area (Å²) in [6.07, 6.45) is 1.54. The molecule has 0 aromatic heterocycles. The van der Waals surface area contributed by atoms with Gasteiger partial charge >= 0.3 is 0 Å². The van der Waals surface area contributed by atoms with Crippen LogP contribution in [0.5, 0.6) is 0 Å². The molecule has 21 heavy (non-hydrogen) atoms. The average molecular weight is 317 g/mol. The molecule has 2 N–H and O–H groups in total. The van der Waals surface area contributed by atoms with Crippen LogP contribution < -0.4 is 5.32 Å². The Morgan fingerprint density at radius 2 is 2.24 bits per heavy atom. The fourth-order valence-corrected chi connectivity index (χ4v) is 3.01. The number of nitrogens with one attached hydrogen (secondary N) is 1. The number of rotatable bonds is 5. The summed E-state index contributed by atoms with van der Waals surface area (Å²) in [5.74, 6) is -0.758. The van der Waals surface area contributed by atoms with Gasteiger partial charge in [0.2, 0.25) is 0 Å². The Balaban J connectivity index is 2.06.